The summed E-state index contributed by atoms with van der Waals surface area (Å²) >= 11 is 1.56. The first-order valence-corrected chi connectivity index (χ1v) is 10.9. The van der Waals surface area contributed by atoms with E-state index in [1.807, 2.05) is 31.2 Å². The van der Waals surface area contributed by atoms with E-state index in [2.05, 4.69) is 77.0 Å². The number of nitrogens with zero attached hydrogens (tertiary/aromatic N) is 3. The molecule has 0 saturated heterocycles. The van der Waals surface area contributed by atoms with Crippen LogP contribution in [0.3, 0.4) is 0 Å². The molecule has 0 aliphatic carbocycles. The molecule has 5 rings (SSSR count). The Kier molecular flexibility index (Phi) is 5.14. The standard InChI is InChI=1S/C25H21N5S/c1-16-7-3-6-10-21(16)22-15-23(27-24-13-17(2)29-30-24)28-25(26-22)31-20-12-11-18-8-4-5-9-19(18)14-20/h3-15H,1-2H3,(H2,26,27,28,29,30). The maximum absolute atomic E-state index is 4.87. The van der Waals surface area contributed by atoms with Gasteiger partial charge in [0.2, 0.25) is 0 Å². The second kappa shape index (κ2) is 8.24. The first kappa shape index (κ1) is 19.3. The van der Waals surface area contributed by atoms with Gasteiger partial charge in [0.15, 0.2) is 5.16 Å². The molecule has 0 saturated carbocycles. The molecule has 2 N–H and O–H groups in total. The number of aromatic amines is 1. The van der Waals surface area contributed by atoms with Gasteiger partial charge in [-0.15, -0.1) is 0 Å². The lowest BCUT2D eigenvalue weighted by Gasteiger charge is -2.11. The van der Waals surface area contributed by atoms with Gasteiger partial charge in [-0.25, -0.2) is 9.97 Å². The molecule has 0 amide bonds. The third-order valence-electron chi connectivity index (χ3n) is 5.03. The van der Waals surface area contributed by atoms with Crippen molar-refractivity contribution in [3.05, 3.63) is 90.1 Å². The molecule has 0 aliphatic heterocycles. The van der Waals surface area contributed by atoms with Crippen molar-refractivity contribution in [3.8, 4) is 11.3 Å². The predicted molar refractivity (Wildman–Crippen MR) is 127 cm³/mol. The van der Waals surface area contributed by atoms with Gasteiger partial charge in [0.05, 0.1) is 11.4 Å². The van der Waals surface area contributed by atoms with E-state index in [-0.39, 0.29) is 0 Å². The van der Waals surface area contributed by atoms with Gasteiger partial charge in [-0.3, -0.25) is 5.10 Å². The zero-order valence-electron chi connectivity index (χ0n) is 17.3. The monoisotopic (exact) mass is 423 g/mol. The van der Waals surface area contributed by atoms with E-state index < -0.39 is 0 Å². The smallest absolute Gasteiger partial charge is 0.194 e. The first-order valence-electron chi connectivity index (χ1n) is 10.0. The summed E-state index contributed by atoms with van der Waals surface area (Å²) in [6.07, 6.45) is 0. The quantitative estimate of drug-likeness (QED) is 0.315. The summed E-state index contributed by atoms with van der Waals surface area (Å²) in [5.74, 6) is 1.52. The van der Waals surface area contributed by atoms with Crippen molar-refractivity contribution in [2.45, 2.75) is 23.9 Å². The fourth-order valence-corrected chi connectivity index (χ4v) is 4.31. The summed E-state index contributed by atoms with van der Waals surface area (Å²) in [5.41, 5.74) is 4.07. The van der Waals surface area contributed by atoms with Crippen molar-refractivity contribution in [2.75, 3.05) is 5.32 Å². The van der Waals surface area contributed by atoms with Gasteiger partial charge in [-0.2, -0.15) is 5.10 Å². The number of rotatable bonds is 5. The third kappa shape index (κ3) is 4.29. The minimum absolute atomic E-state index is 0.690. The van der Waals surface area contributed by atoms with Gasteiger partial charge in [0.25, 0.3) is 0 Å². The first-order chi connectivity index (χ1) is 15.1. The number of fused-ring (bicyclic) bond motifs is 1. The van der Waals surface area contributed by atoms with E-state index in [0.29, 0.717) is 5.16 Å². The second-order valence-electron chi connectivity index (χ2n) is 7.39. The van der Waals surface area contributed by atoms with Crippen molar-refractivity contribution >= 4 is 34.2 Å². The number of hydrogen-bond acceptors (Lipinski definition) is 5. The van der Waals surface area contributed by atoms with Crippen molar-refractivity contribution in [1.29, 1.82) is 0 Å². The fourth-order valence-electron chi connectivity index (χ4n) is 3.49. The molecular formula is C25H21N5S. The molecule has 3 aromatic carbocycles. The minimum atomic E-state index is 0.690. The lowest BCUT2D eigenvalue weighted by atomic mass is 10.1. The average molecular weight is 424 g/mol. The SMILES string of the molecule is Cc1cc(Nc2cc(-c3ccccc3C)nc(Sc3ccc4ccccc4c3)n2)[nH]n1. The molecule has 0 fully saturated rings. The van der Waals surface area contributed by atoms with Crippen LogP contribution in [0.4, 0.5) is 11.6 Å². The summed E-state index contributed by atoms with van der Waals surface area (Å²) in [7, 11) is 0. The Morgan fingerprint density at radius 2 is 1.61 bits per heavy atom. The minimum Gasteiger partial charge on any atom is -0.325 e. The van der Waals surface area contributed by atoms with Crippen molar-refractivity contribution < 1.29 is 0 Å². The summed E-state index contributed by atoms with van der Waals surface area (Å²) in [6, 6.07) is 27.0. The van der Waals surface area contributed by atoms with Crippen LogP contribution in [0.25, 0.3) is 22.0 Å². The molecule has 0 spiro atoms. The third-order valence-corrected chi connectivity index (χ3v) is 5.88. The molecule has 0 atom stereocenters. The highest BCUT2D eigenvalue weighted by Crippen LogP contribution is 2.32. The number of hydrogen-bond donors (Lipinski definition) is 2. The van der Waals surface area contributed by atoms with Gasteiger partial charge in [0, 0.05) is 22.6 Å². The Morgan fingerprint density at radius 1 is 0.806 bits per heavy atom. The van der Waals surface area contributed by atoms with Crippen LogP contribution < -0.4 is 5.32 Å². The Balaban J connectivity index is 1.55. The van der Waals surface area contributed by atoms with E-state index in [1.165, 1.54) is 16.3 Å². The van der Waals surface area contributed by atoms with Gasteiger partial charge in [-0.05, 0) is 54.1 Å². The summed E-state index contributed by atoms with van der Waals surface area (Å²) in [4.78, 5) is 10.7. The lowest BCUT2D eigenvalue weighted by molar-refractivity contribution is 0.972. The number of anilines is 2. The second-order valence-corrected chi connectivity index (χ2v) is 8.44. The van der Waals surface area contributed by atoms with Crippen LogP contribution >= 0.6 is 11.8 Å². The van der Waals surface area contributed by atoms with Gasteiger partial charge in [-0.1, -0.05) is 54.6 Å². The largest absolute Gasteiger partial charge is 0.325 e. The van der Waals surface area contributed by atoms with Crippen molar-refractivity contribution in [3.63, 3.8) is 0 Å². The number of aromatic nitrogens is 4. The summed E-state index contributed by atoms with van der Waals surface area (Å²) < 4.78 is 0. The molecule has 5 nitrogen and oxygen atoms in total. The van der Waals surface area contributed by atoms with Crippen LogP contribution in [0.2, 0.25) is 0 Å². The molecular weight excluding hydrogens is 402 g/mol. The van der Waals surface area contributed by atoms with Gasteiger partial charge < -0.3 is 5.32 Å². The molecule has 0 radical (unpaired) electrons. The molecule has 2 heterocycles. The zero-order valence-corrected chi connectivity index (χ0v) is 18.1. The maximum atomic E-state index is 4.87. The van der Waals surface area contributed by atoms with E-state index in [0.717, 1.165) is 33.5 Å². The number of H-pyrrole nitrogens is 1. The Bertz CT molecular complexity index is 1380. The fraction of sp³-hybridized carbons (Fsp3) is 0.0800. The molecule has 5 aromatic rings. The highest BCUT2D eigenvalue weighted by atomic mass is 32.2. The predicted octanol–water partition coefficient (Wildman–Crippen LogP) is 6.53. The van der Waals surface area contributed by atoms with Gasteiger partial charge in [0.1, 0.15) is 11.6 Å². The Hall–Kier alpha value is -3.64. The topological polar surface area (TPSA) is 66.5 Å². The Labute approximate surface area is 185 Å². The van der Waals surface area contributed by atoms with Crippen molar-refractivity contribution in [2.24, 2.45) is 0 Å². The molecule has 152 valence electrons. The van der Waals surface area contributed by atoms with E-state index in [9.17, 15) is 0 Å². The molecule has 0 unspecified atom stereocenters. The molecule has 0 bridgehead atoms. The van der Waals surface area contributed by atoms with Crippen LogP contribution in [-0.4, -0.2) is 20.2 Å². The van der Waals surface area contributed by atoms with E-state index in [4.69, 9.17) is 9.97 Å². The van der Waals surface area contributed by atoms with Crippen LogP contribution in [0.15, 0.2) is 88.9 Å². The zero-order chi connectivity index (χ0) is 21.2. The van der Waals surface area contributed by atoms with Crippen LogP contribution in [0, 0.1) is 13.8 Å². The summed E-state index contributed by atoms with van der Waals surface area (Å²) in [6.45, 7) is 4.04. The van der Waals surface area contributed by atoms with Crippen molar-refractivity contribution in [1.82, 2.24) is 20.2 Å². The molecule has 6 heteroatoms. The van der Waals surface area contributed by atoms with Gasteiger partial charge >= 0.3 is 0 Å². The number of nitrogens with one attached hydrogen (secondary N) is 2. The molecule has 0 aliphatic rings. The molecule has 31 heavy (non-hydrogen) atoms. The van der Waals surface area contributed by atoms with E-state index in [1.54, 1.807) is 11.8 Å². The normalized spacial score (nSPS) is 11.0. The number of aryl methyl sites for hydroxylation is 2. The highest BCUT2D eigenvalue weighted by Gasteiger charge is 2.11. The Morgan fingerprint density at radius 3 is 2.42 bits per heavy atom. The number of benzene rings is 3. The van der Waals surface area contributed by atoms with E-state index >= 15 is 0 Å². The average Bonchev–Trinajstić information content (AvgIpc) is 3.18. The highest BCUT2D eigenvalue weighted by molar-refractivity contribution is 7.99. The summed E-state index contributed by atoms with van der Waals surface area (Å²) in [5, 5.41) is 13.6. The van der Waals surface area contributed by atoms with Crippen LogP contribution in [0.5, 0.6) is 0 Å². The molecule has 2 aromatic heterocycles. The maximum Gasteiger partial charge on any atom is 0.194 e. The van der Waals surface area contributed by atoms with Crippen LogP contribution in [0.1, 0.15) is 11.3 Å². The van der Waals surface area contributed by atoms with Crippen LogP contribution in [-0.2, 0) is 0 Å². The lowest BCUT2D eigenvalue weighted by Crippen LogP contribution is -1.99.